The highest BCUT2D eigenvalue weighted by atomic mass is 127. The van der Waals surface area contributed by atoms with E-state index in [1.165, 1.54) is 4.90 Å². The lowest BCUT2D eigenvalue weighted by Crippen LogP contribution is -3.00. The molecule has 2 aromatic carbocycles. The second-order valence-electron chi connectivity index (χ2n) is 9.05. The second-order valence-corrected chi connectivity index (χ2v) is 9.05. The van der Waals surface area contributed by atoms with Gasteiger partial charge in [-0.15, -0.1) is 0 Å². The van der Waals surface area contributed by atoms with Gasteiger partial charge in [0.1, 0.15) is 19.3 Å². The van der Waals surface area contributed by atoms with Crippen LogP contribution < -0.4 is 44.1 Å². The molecule has 0 aliphatic carbocycles. The van der Waals surface area contributed by atoms with E-state index in [0.717, 1.165) is 11.3 Å². The van der Waals surface area contributed by atoms with Gasteiger partial charge in [0, 0.05) is 36.5 Å². The Morgan fingerprint density at radius 2 is 1.74 bits per heavy atom. The molecular weight excluding hydrogens is 607 g/mol. The van der Waals surface area contributed by atoms with Gasteiger partial charge in [-0.3, -0.25) is 14.5 Å². The standard InChI is InChI=1S/C29H32N6O3.HI/c1-5-34(6-2)25(36)19-35-23-15-8-7-14-22(23)26(24-16-9-10-17-33(24)4)31-27(28(35)37)32-29(38)30-21-13-11-12-20(3)18-21;/h7-18,27H,5-6,19H2,1-4H3,(H-,30,32,38);1H/t27-;/m0./s1. The summed E-state index contributed by atoms with van der Waals surface area (Å²) in [6, 6.07) is 19.8. The van der Waals surface area contributed by atoms with E-state index in [-0.39, 0.29) is 36.4 Å². The van der Waals surface area contributed by atoms with Crippen LogP contribution in [0.25, 0.3) is 0 Å². The molecule has 2 heterocycles. The quantitative estimate of drug-likeness (QED) is 0.282. The fourth-order valence-electron chi connectivity index (χ4n) is 4.49. The van der Waals surface area contributed by atoms with Gasteiger partial charge in [-0.25, -0.2) is 9.79 Å². The first-order chi connectivity index (χ1) is 18.3. The van der Waals surface area contributed by atoms with E-state index >= 15 is 0 Å². The molecular formula is C29H33IN6O3. The summed E-state index contributed by atoms with van der Waals surface area (Å²) in [7, 11) is 1.89. The molecule has 10 heteroatoms. The number of urea groups is 1. The van der Waals surface area contributed by atoms with E-state index in [1.54, 1.807) is 17.0 Å². The summed E-state index contributed by atoms with van der Waals surface area (Å²) in [5.41, 5.74) is 4.13. The molecule has 0 bridgehead atoms. The van der Waals surface area contributed by atoms with Gasteiger partial charge in [-0.05, 0) is 50.6 Å². The highest BCUT2D eigenvalue weighted by Gasteiger charge is 2.36. The summed E-state index contributed by atoms with van der Waals surface area (Å²) in [6.07, 6.45) is 0.633. The molecule has 204 valence electrons. The number of aryl methyl sites for hydroxylation is 2. The van der Waals surface area contributed by atoms with Gasteiger partial charge in [-0.1, -0.05) is 30.3 Å². The molecule has 0 radical (unpaired) electrons. The number of anilines is 2. The SMILES string of the molecule is CCN(CC)C(=O)CN1C(=O)[C@H](NC(=O)Nc2cccc(C)c2)N=C(c2cccc[n+]2C)c2ccccc21.[I-]. The average molecular weight is 641 g/mol. The lowest BCUT2D eigenvalue weighted by molar-refractivity contribution is -0.672. The number of para-hydroxylation sites is 1. The third-order valence-corrected chi connectivity index (χ3v) is 6.46. The fraction of sp³-hybridized carbons (Fsp3) is 0.276. The van der Waals surface area contributed by atoms with E-state index in [2.05, 4.69) is 10.6 Å². The number of aliphatic imine (C=N–C) groups is 1. The van der Waals surface area contributed by atoms with Crippen molar-refractivity contribution in [2.45, 2.75) is 26.9 Å². The van der Waals surface area contributed by atoms with Crippen molar-refractivity contribution in [1.29, 1.82) is 0 Å². The molecule has 39 heavy (non-hydrogen) atoms. The Morgan fingerprint density at radius 1 is 1.03 bits per heavy atom. The van der Waals surface area contributed by atoms with Crippen molar-refractivity contribution in [3.8, 4) is 0 Å². The molecule has 4 amide bonds. The summed E-state index contributed by atoms with van der Waals surface area (Å²) in [4.78, 5) is 48.0. The van der Waals surface area contributed by atoms with E-state index in [0.29, 0.717) is 35.7 Å². The summed E-state index contributed by atoms with van der Waals surface area (Å²) < 4.78 is 1.90. The van der Waals surface area contributed by atoms with Crippen molar-refractivity contribution in [1.82, 2.24) is 10.2 Å². The van der Waals surface area contributed by atoms with Crippen LogP contribution in [0.5, 0.6) is 0 Å². The Bertz CT molecular complexity index is 1390. The van der Waals surface area contributed by atoms with Crippen molar-refractivity contribution < 1.29 is 42.9 Å². The number of carbonyl (C=O) groups excluding carboxylic acids is 3. The topological polar surface area (TPSA) is 98.0 Å². The van der Waals surface area contributed by atoms with Crippen LogP contribution in [0.15, 0.2) is 77.9 Å². The zero-order valence-corrected chi connectivity index (χ0v) is 24.7. The van der Waals surface area contributed by atoms with Crippen molar-refractivity contribution in [3.63, 3.8) is 0 Å². The first-order valence-electron chi connectivity index (χ1n) is 12.7. The number of likely N-dealkylation sites (N-methyl/N-ethyl adjacent to an activating group) is 1. The van der Waals surface area contributed by atoms with Gasteiger partial charge in [-0.2, -0.15) is 4.57 Å². The highest BCUT2D eigenvalue weighted by Crippen LogP contribution is 2.27. The minimum atomic E-state index is -1.26. The first-order valence-corrected chi connectivity index (χ1v) is 12.7. The number of rotatable bonds is 7. The van der Waals surface area contributed by atoms with Crippen molar-refractivity contribution in [2.75, 3.05) is 29.9 Å². The number of hydrogen-bond donors (Lipinski definition) is 2. The Labute approximate surface area is 245 Å². The lowest BCUT2D eigenvalue weighted by atomic mass is 10.0. The van der Waals surface area contributed by atoms with Crippen molar-refractivity contribution in [2.24, 2.45) is 12.0 Å². The molecule has 0 spiro atoms. The predicted octanol–water partition coefficient (Wildman–Crippen LogP) is 0.0237. The third kappa shape index (κ3) is 6.80. The third-order valence-electron chi connectivity index (χ3n) is 6.46. The zero-order valence-electron chi connectivity index (χ0n) is 22.5. The van der Waals surface area contributed by atoms with E-state index in [9.17, 15) is 14.4 Å². The van der Waals surface area contributed by atoms with Crippen LogP contribution in [0.2, 0.25) is 0 Å². The molecule has 1 aliphatic rings. The number of carbonyl (C=O) groups is 3. The number of halogens is 1. The average Bonchev–Trinajstić information content (AvgIpc) is 3.00. The molecule has 2 N–H and O–H groups in total. The van der Waals surface area contributed by atoms with E-state index < -0.39 is 18.1 Å². The maximum Gasteiger partial charge on any atom is 0.321 e. The number of benzene rings is 2. The number of benzodiazepines with no additional fused rings is 1. The molecule has 9 nitrogen and oxygen atoms in total. The van der Waals surface area contributed by atoms with Crippen molar-refractivity contribution in [3.05, 3.63) is 89.7 Å². The Balaban J connectivity index is 0.00000420. The number of pyridine rings is 1. The summed E-state index contributed by atoms with van der Waals surface area (Å²) in [5.74, 6) is -0.680. The number of hydrogen-bond acceptors (Lipinski definition) is 4. The predicted molar refractivity (Wildman–Crippen MR) is 147 cm³/mol. The van der Waals surface area contributed by atoms with Crippen LogP contribution >= 0.6 is 0 Å². The number of nitrogens with zero attached hydrogens (tertiary/aromatic N) is 4. The van der Waals surface area contributed by atoms with Gasteiger partial charge in [0.15, 0.2) is 6.20 Å². The van der Waals surface area contributed by atoms with Gasteiger partial charge in [0.05, 0.1) is 5.69 Å². The number of amides is 4. The maximum atomic E-state index is 13.9. The summed E-state index contributed by atoms with van der Waals surface area (Å²) >= 11 is 0. The first kappa shape index (κ1) is 29.8. The highest BCUT2D eigenvalue weighted by molar-refractivity contribution is 6.19. The normalized spacial score (nSPS) is 14.4. The Kier molecular flexibility index (Phi) is 10.2. The monoisotopic (exact) mass is 640 g/mol. The van der Waals surface area contributed by atoms with Crippen LogP contribution in [-0.2, 0) is 16.6 Å². The summed E-state index contributed by atoms with van der Waals surface area (Å²) in [5, 5.41) is 5.51. The maximum absolute atomic E-state index is 13.9. The minimum absolute atomic E-state index is 0. The van der Waals surface area contributed by atoms with Gasteiger partial charge >= 0.3 is 6.03 Å². The number of fused-ring (bicyclic) bond motifs is 1. The fourth-order valence-corrected chi connectivity index (χ4v) is 4.49. The summed E-state index contributed by atoms with van der Waals surface area (Å²) in [6.45, 7) is 6.62. The molecule has 1 aromatic heterocycles. The van der Waals surface area contributed by atoms with E-state index in [1.807, 2.05) is 93.2 Å². The van der Waals surface area contributed by atoms with Crippen molar-refractivity contribution >= 4 is 34.9 Å². The smallest absolute Gasteiger partial charge is 0.321 e. The van der Waals surface area contributed by atoms with Crippen LogP contribution in [0, 0.1) is 6.92 Å². The van der Waals surface area contributed by atoms with Crippen LogP contribution in [0.3, 0.4) is 0 Å². The second kappa shape index (κ2) is 13.3. The number of nitrogens with one attached hydrogen (secondary N) is 2. The van der Waals surface area contributed by atoms with Crippen LogP contribution in [0.4, 0.5) is 16.2 Å². The lowest BCUT2D eigenvalue weighted by Gasteiger charge is -2.28. The Morgan fingerprint density at radius 3 is 2.44 bits per heavy atom. The molecule has 0 fully saturated rings. The molecule has 1 aliphatic heterocycles. The van der Waals surface area contributed by atoms with Crippen LogP contribution in [0.1, 0.15) is 30.7 Å². The van der Waals surface area contributed by atoms with Gasteiger partial charge in [0.25, 0.3) is 5.91 Å². The van der Waals surface area contributed by atoms with Gasteiger partial charge < -0.3 is 39.5 Å². The van der Waals surface area contributed by atoms with E-state index in [4.69, 9.17) is 4.99 Å². The largest absolute Gasteiger partial charge is 1.00 e. The molecule has 0 saturated carbocycles. The molecule has 0 unspecified atom stereocenters. The number of aromatic nitrogens is 1. The molecule has 4 rings (SSSR count). The Hall–Kier alpha value is -3.80. The van der Waals surface area contributed by atoms with Crippen LogP contribution in [-0.4, -0.2) is 54.3 Å². The minimum Gasteiger partial charge on any atom is -1.00 e. The molecule has 0 saturated heterocycles. The van der Waals surface area contributed by atoms with Gasteiger partial charge in [0.2, 0.25) is 17.8 Å². The zero-order chi connectivity index (χ0) is 27.2. The molecule has 1 atom stereocenters. The molecule has 3 aromatic rings.